The second-order valence-corrected chi connectivity index (χ2v) is 4.19. The maximum Gasteiger partial charge on any atom is 0.133 e. The molecule has 0 unspecified atom stereocenters. The molecule has 0 aromatic carbocycles. The van der Waals surface area contributed by atoms with E-state index < -0.39 is 0 Å². The van der Waals surface area contributed by atoms with E-state index in [-0.39, 0.29) is 0 Å². The van der Waals surface area contributed by atoms with Gasteiger partial charge in [-0.15, -0.1) is 21.5 Å². The fourth-order valence-electron chi connectivity index (χ4n) is 1.27. The molecule has 0 atom stereocenters. The summed E-state index contributed by atoms with van der Waals surface area (Å²) >= 11 is 1.67. The van der Waals surface area contributed by atoms with Gasteiger partial charge < -0.3 is 9.88 Å². The fourth-order valence-corrected chi connectivity index (χ4v) is 1.86. The van der Waals surface area contributed by atoms with E-state index >= 15 is 0 Å². The maximum absolute atomic E-state index is 4.19. The summed E-state index contributed by atoms with van der Waals surface area (Å²) in [6.07, 6.45) is 4.43. The van der Waals surface area contributed by atoms with Gasteiger partial charge >= 0.3 is 0 Å². The summed E-state index contributed by atoms with van der Waals surface area (Å²) in [4.78, 5) is 4.19. The summed E-state index contributed by atoms with van der Waals surface area (Å²) in [5, 5.41) is 14.3. The Labute approximate surface area is 92.2 Å². The van der Waals surface area contributed by atoms with Crippen LogP contribution in [-0.2, 0) is 20.0 Å². The summed E-state index contributed by atoms with van der Waals surface area (Å²) in [6.45, 7) is 1.72. The van der Waals surface area contributed by atoms with Gasteiger partial charge in [-0.05, 0) is 0 Å². The molecule has 0 fully saturated rings. The Morgan fingerprint density at radius 2 is 2.47 bits per heavy atom. The average Bonchev–Trinajstić information content (AvgIpc) is 2.85. The van der Waals surface area contributed by atoms with Crippen molar-refractivity contribution in [2.75, 3.05) is 6.54 Å². The van der Waals surface area contributed by atoms with Gasteiger partial charge in [0.25, 0.3) is 0 Å². The Morgan fingerprint density at radius 1 is 1.53 bits per heavy atom. The number of rotatable bonds is 5. The monoisotopic (exact) mass is 223 g/mol. The standard InChI is InChI=1S/C9H13N5S/c1-14-7-12-13-8(14)2-3-10-6-9-11-4-5-15-9/h4-5,7,10H,2-3,6H2,1H3. The lowest BCUT2D eigenvalue weighted by atomic mass is 10.4. The van der Waals surface area contributed by atoms with Crippen molar-refractivity contribution in [3.05, 3.63) is 28.7 Å². The normalized spacial score (nSPS) is 10.7. The molecule has 0 amide bonds. The first-order chi connectivity index (χ1) is 7.36. The van der Waals surface area contributed by atoms with Crippen LogP contribution in [0.4, 0.5) is 0 Å². The molecule has 6 heteroatoms. The lowest BCUT2D eigenvalue weighted by molar-refractivity contribution is 0.652. The van der Waals surface area contributed by atoms with Crippen LogP contribution in [0.5, 0.6) is 0 Å². The summed E-state index contributed by atoms with van der Waals surface area (Å²) in [7, 11) is 1.95. The lowest BCUT2D eigenvalue weighted by Crippen LogP contribution is -2.18. The molecule has 0 saturated carbocycles. The average molecular weight is 223 g/mol. The van der Waals surface area contributed by atoms with Gasteiger partial charge in [0.15, 0.2) is 0 Å². The number of thiazole rings is 1. The molecule has 0 aliphatic heterocycles. The zero-order chi connectivity index (χ0) is 10.5. The molecule has 5 nitrogen and oxygen atoms in total. The van der Waals surface area contributed by atoms with Crippen LogP contribution in [0.3, 0.4) is 0 Å². The molecule has 15 heavy (non-hydrogen) atoms. The minimum absolute atomic E-state index is 0.829. The summed E-state index contributed by atoms with van der Waals surface area (Å²) in [6, 6.07) is 0. The topological polar surface area (TPSA) is 55.6 Å². The number of hydrogen-bond donors (Lipinski definition) is 1. The molecule has 0 aliphatic rings. The van der Waals surface area contributed by atoms with Crippen LogP contribution in [0.15, 0.2) is 17.9 Å². The highest BCUT2D eigenvalue weighted by molar-refractivity contribution is 7.09. The maximum atomic E-state index is 4.19. The molecule has 0 bridgehead atoms. The molecule has 0 spiro atoms. The second kappa shape index (κ2) is 4.99. The van der Waals surface area contributed by atoms with Crippen LogP contribution in [0, 0.1) is 0 Å². The van der Waals surface area contributed by atoms with Crippen molar-refractivity contribution >= 4 is 11.3 Å². The third kappa shape index (κ3) is 2.84. The van der Waals surface area contributed by atoms with Gasteiger partial charge in [-0.2, -0.15) is 0 Å². The summed E-state index contributed by atoms with van der Waals surface area (Å²) < 4.78 is 1.94. The highest BCUT2D eigenvalue weighted by Crippen LogP contribution is 2.02. The molecule has 80 valence electrons. The van der Waals surface area contributed by atoms with Crippen molar-refractivity contribution in [3.8, 4) is 0 Å². The van der Waals surface area contributed by atoms with Crippen LogP contribution in [0.25, 0.3) is 0 Å². The van der Waals surface area contributed by atoms with Crippen molar-refractivity contribution in [1.29, 1.82) is 0 Å². The predicted molar refractivity (Wildman–Crippen MR) is 58.5 cm³/mol. The van der Waals surface area contributed by atoms with E-state index in [2.05, 4.69) is 20.5 Å². The van der Waals surface area contributed by atoms with Crippen molar-refractivity contribution in [2.24, 2.45) is 7.05 Å². The van der Waals surface area contributed by atoms with Gasteiger partial charge in [-0.3, -0.25) is 0 Å². The Morgan fingerprint density at radius 3 is 3.13 bits per heavy atom. The number of nitrogens with one attached hydrogen (secondary N) is 1. The quantitative estimate of drug-likeness (QED) is 0.754. The molecule has 0 saturated heterocycles. The van der Waals surface area contributed by atoms with E-state index in [9.17, 15) is 0 Å². The van der Waals surface area contributed by atoms with Gasteiger partial charge in [-0.25, -0.2) is 4.98 Å². The molecule has 2 rings (SSSR count). The van der Waals surface area contributed by atoms with Crippen LogP contribution < -0.4 is 5.32 Å². The van der Waals surface area contributed by atoms with Crippen LogP contribution >= 0.6 is 11.3 Å². The Bertz CT molecular complexity index is 394. The Hall–Kier alpha value is -1.27. The van der Waals surface area contributed by atoms with Gasteiger partial charge in [-0.1, -0.05) is 0 Å². The van der Waals surface area contributed by atoms with Crippen LogP contribution in [0.2, 0.25) is 0 Å². The smallest absolute Gasteiger partial charge is 0.133 e. The summed E-state index contributed by atoms with van der Waals surface area (Å²) in [5.41, 5.74) is 0. The Kier molecular flexibility index (Phi) is 3.41. The van der Waals surface area contributed by atoms with Gasteiger partial charge in [0.1, 0.15) is 17.2 Å². The zero-order valence-electron chi connectivity index (χ0n) is 8.55. The van der Waals surface area contributed by atoms with Crippen molar-refractivity contribution in [2.45, 2.75) is 13.0 Å². The van der Waals surface area contributed by atoms with Gasteiger partial charge in [0.2, 0.25) is 0 Å². The lowest BCUT2D eigenvalue weighted by Gasteiger charge is -2.01. The first-order valence-corrected chi connectivity index (χ1v) is 5.66. The third-order valence-electron chi connectivity index (χ3n) is 2.09. The molecule has 1 N–H and O–H groups in total. The van der Waals surface area contributed by atoms with E-state index in [1.807, 2.05) is 23.2 Å². The van der Waals surface area contributed by atoms with Crippen LogP contribution in [0.1, 0.15) is 10.8 Å². The van der Waals surface area contributed by atoms with Crippen molar-refractivity contribution < 1.29 is 0 Å². The molecule has 0 aliphatic carbocycles. The number of nitrogens with zero attached hydrogens (tertiary/aromatic N) is 4. The van der Waals surface area contributed by atoms with E-state index in [4.69, 9.17) is 0 Å². The minimum atomic E-state index is 0.829. The number of hydrogen-bond acceptors (Lipinski definition) is 5. The third-order valence-corrected chi connectivity index (χ3v) is 2.87. The van der Waals surface area contributed by atoms with E-state index in [0.717, 1.165) is 30.3 Å². The van der Waals surface area contributed by atoms with Gasteiger partial charge in [0.05, 0.1) is 0 Å². The molecule has 0 radical (unpaired) electrons. The van der Waals surface area contributed by atoms with E-state index in [1.54, 1.807) is 17.7 Å². The summed E-state index contributed by atoms with van der Waals surface area (Å²) in [5.74, 6) is 1.00. The molecular formula is C9H13N5S. The second-order valence-electron chi connectivity index (χ2n) is 3.21. The van der Waals surface area contributed by atoms with E-state index in [1.165, 1.54) is 0 Å². The fraction of sp³-hybridized carbons (Fsp3) is 0.444. The first kappa shape index (κ1) is 10.3. The predicted octanol–water partition coefficient (Wildman–Crippen LogP) is 0.604. The highest BCUT2D eigenvalue weighted by Gasteiger charge is 2.00. The number of aryl methyl sites for hydroxylation is 1. The van der Waals surface area contributed by atoms with Crippen LogP contribution in [-0.4, -0.2) is 26.3 Å². The van der Waals surface area contributed by atoms with Crippen molar-refractivity contribution in [3.63, 3.8) is 0 Å². The molecule has 2 aromatic heterocycles. The molecular weight excluding hydrogens is 210 g/mol. The highest BCUT2D eigenvalue weighted by atomic mass is 32.1. The SMILES string of the molecule is Cn1cnnc1CCNCc1nccs1. The molecule has 2 aromatic rings. The van der Waals surface area contributed by atoms with Crippen molar-refractivity contribution in [1.82, 2.24) is 25.1 Å². The van der Waals surface area contributed by atoms with Gasteiger partial charge in [0, 0.05) is 38.1 Å². The first-order valence-electron chi connectivity index (χ1n) is 4.78. The Balaban J connectivity index is 1.70. The van der Waals surface area contributed by atoms with E-state index in [0.29, 0.717) is 0 Å². The largest absolute Gasteiger partial charge is 0.321 e. The zero-order valence-corrected chi connectivity index (χ0v) is 9.37. The minimum Gasteiger partial charge on any atom is -0.321 e. The number of aromatic nitrogens is 4. The molecule has 2 heterocycles.